The van der Waals surface area contributed by atoms with E-state index in [-0.39, 0.29) is 17.7 Å². The van der Waals surface area contributed by atoms with Gasteiger partial charge in [-0.25, -0.2) is 9.78 Å². The van der Waals surface area contributed by atoms with E-state index in [1.165, 1.54) is 0 Å². The maximum atomic E-state index is 12.6. The fraction of sp³-hybridized carbons (Fsp3) is 0.250. The summed E-state index contributed by atoms with van der Waals surface area (Å²) in [5, 5.41) is 0. The predicted octanol–water partition coefficient (Wildman–Crippen LogP) is 2.12. The number of alkyl halides is 3. The zero-order valence-electron chi connectivity index (χ0n) is 10.2. The molecule has 2 rings (SSSR count). The van der Waals surface area contributed by atoms with E-state index in [4.69, 9.17) is 0 Å². The third-order valence-electron chi connectivity index (χ3n) is 2.51. The van der Waals surface area contributed by atoms with Crippen LogP contribution >= 0.6 is 0 Å². The van der Waals surface area contributed by atoms with Crippen molar-refractivity contribution in [1.29, 1.82) is 0 Å². The van der Waals surface area contributed by atoms with Crippen molar-refractivity contribution in [1.82, 2.24) is 9.97 Å². The molecule has 2 aromatic heterocycles. The highest BCUT2D eigenvalue weighted by Gasteiger charge is 2.33. The van der Waals surface area contributed by atoms with Gasteiger partial charge in [0.25, 0.3) is 0 Å². The van der Waals surface area contributed by atoms with Crippen LogP contribution in [0.5, 0.6) is 0 Å². The first-order valence-electron chi connectivity index (χ1n) is 5.61. The fourth-order valence-corrected chi connectivity index (χ4v) is 1.61. The molecule has 0 radical (unpaired) electrons. The molecule has 0 unspecified atom stereocenters. The summed E-state index contributed by atoms with van der Waals surface area (Å²) in [7, 11) is 0. The van der Waals surface area contributed by atoms with E-state index in [9.17, 15) is 22.8 Å². The van der Waals surface area contributed by atoms with Crippen molar-refractivity contribution in [2.75, 3.05) is 6.61 Å². The summed E-state index contributed by atoms with van der Waals surface area (Å²) < 4.78 is 42.3. The second-order valence-electron chi connectivity index (χ2n) is 3.84. The van der Waals surface area contributed by atoms with E-state index >= 15 is 0 Å². The molecule has 0 saturated heterocycles. The molecule has 0 aliphatic rings. The van der Waals surface area contributed by atoms with Crippen LogP contribution in [0, 0.1) is 0 Å². The van der Waals surface area contributed by atoms with E-state index in [1.54, 1.807) is 6.92 Å². The van der Waals surface area contributed by atoms with Crippen LogP contribution in [0.25, 0.3) is 11.0 Å². The number of hydrogen-bond acceptors (Lipinski definition) is 4. The van der Waals surface area contributed by atoms with E-state index < -0.39 is 28.8 Å². The molecule has 0 atom stereocenters. The van der Waals surface area contributed by atoms with Crippen molar-refractivity contribution in [3.8, 4) is 0 Å². The highest BCUT2D eigenvalue weighted by Crippen LogP contribution is 2.28. The number of carbonyl (C=O) groups excluding carboxylic acids is 1. The number of nitrogens with zero attached hydrogens (tertiary/aromatic N) is 1. The van der Waals surface area contributed by atoms with Gasteiger partial charge < -0.3 is 9.72 Å². The van der Waals surface area contributed by atoms with Crippen LogP contribution in [-0.2, 0) is 10.9 Å². The third-order valence-corrected chi connectivity index (χ3v) is 2.51. The minimum atomic E-state index is -4.67. The Hall–Kier alpha value is -2.38. The van der Waals surface area contributed by atoms with Gasteiger partial charge in [-0.15, -0.1) is 0 Å². The Balaban J connectivity index is 2.65. The topological polar surface area (TPSA) is 72.1 Å². The van der Waals surface area contributed by atoms with E-state index in [0.717, 1.165) is 18.3 Å². The lowest BCUT2D eigenvalue weighted by molar-refractivity contribution is -0.140. The monoisotopic (exact) mass is 286 g/mol. The van der Waals surface area contributed by atoms with Gasteiger partial charge in [0.05, 0.1) is 12.1 Å². The maximum Gasteiger partial charge on any atom is 0.433 e. The second-order valence-corrected chi connectivity index (χ2v) is 3.84. The maximum absolute atomic E-state index is 12.6. The Morgan fingerprint density at radius 3 is 2.70 bits per heavy atom. The molecular weight excluding hydrogens is 277 g/mol. The molecular formula is C12H9F3N2O3. The molecule has 1 N–H and O–H groups in total. The molecule has 8 heteroatoms. The van der Waals surface area contributed by atoms with Crippen LogP contribution in [-0.4, -0.2) is 22.5 Å². The number of pyridine rings is 2. The Labute approximate surface area is 110 Å². The minimum Gasteiger partial charge on any atom is -0.462 e. The molecule has 2 heterocycles. The highest BCUT2D eigenvalue weighted by molar-refractivity contribution is 5.92. The molecule has 0 aromatic carbocycles. The normalized spacial score (nSPS) is 11.6. The molecule has 2 aromatic rings. The molecule has 0 saturated carbocycles. The van der Waals surface area contributed by atoms with Crippen LogP contribution in [0.4, 0.5) is 13.2 Å². The lowest BCUT2D eigenvalue weighted by Gasteiger charge is -2.07. The molecule has 0 bridgehead atoms. The lowest BCUT2D eigenvalue weighted by Crippen LogP contribution is -2.20. The summed E-state index contributed by atoms with van der Waals surface area (Å²) in [6.45, 7) is 1.60. The molecule has 0 fully saturated rings. The summed E-state index contributed by atoms with van der Waals surface area (Å²) >= 11 is 0. The number of carbonyl (C=O) groups is 1. The zero-order chi connectivity index (χ0) is 14.9. The van der Waals surface area contributed by atoms with Crippen LogP contribution in [0.2, 0.25) is 0 Å². The van der Waals surface area contributed by atoms with Gasteiger partial charge in [-0.05, 0) is 19.1 Å². The summed E-state index contributed by atoms with van der Waals surface area (Å²) in [6.07, 6.45) is -3.57. The summed E-state index contributed by atoms with van der Waals surface area (Å²) in [5.41, 5.74) is -2.83. The first-order valence-corrected chi connectivity index (χ1v) is 5.61. The number of ether oxygens (including phenoxy) is 1. The third kappa shape index (κ3) is 2.49. The zero-order valence-corrected chi connectivity index (χ0v) is 10.2. The molecule has 0 aliphatic heterocycles. The van der Waals surface area contributed by atoms with Gasteiger partial charge in [0, 0.05) is 6.20 Å². The average Bonchev–Trinajstić information content (AvgIpc) is 2.38. The number of fused-ring (bicyclic) bond motifs is 1. The van der Waals surface area contributed by atoms with Crippen molar-refractivity contribution in [2.24, 2.45) is 0 Å². The van der Waals surface area contributed by atoms with Crippen molar-refractivity contribution < 1.29 is 22.7 Å². The summed E-state index contributed by atoms with van der Waals surface area (Å²) in [4.78, 5) is 29.3. The van der Waals surface area contributed by atoms with Crippen molar-refractivity contribution in [3.05, 3.63) is 39.8 Å². The number of H-pyrrole nitrogens is 1. The molecule has 5 nitrogen and oxygen atoms in total. The number of nitrogens with one attached hydrogen (secondary N) is 1. The van der Waals surface area contributed by atoms with Gasteiger partial charge in [-0.2, -0.15) is 13.2 Å². The summed E-state index contributed by atoms with van der Waals surface area (Å²) in [5.74, 6) is -0.908. The first kappa shape index (κ1) is 14.0. The van der Waals surface area contributed by atoms with Crippen molar-refractivity contribution in [2.45, 2.75) is 13.1 Å². The number of halogens is 3. The number of rotatable bonds is 2. The Kier molecular flexibility index (Phi) is 3.47. The van der Waals surface area contributed by atoms with Gasteiger partial charge in [-0.3, -0.25) is 4.79 Å². The number of hydrogen-bond donors (Lipinski definition) is 1. The standard InChI is InChI=1S/C12H9F3N2O3/c1-2-20-11(19)6-5-16-7-3-4-8(12(13,14)15)17-9(7)10(6)18/h3-5H,2H2,1H3,(H,16,18). The largest absolute Gasteiger partial charge is 0.462 e. The molecule has 106 valence electrons. The smallest absolute Gasteiger partial charge is 0.433 e. The highest BCUT2D eigenvalue weighted by atomic mass is 19.4. The van der Waals surface area contributed by atoms with Gasteiger partial charge in [0.2, 0.25) is 5.43 Å². The molecule has 0 spiro atoms. The number of esters is 1. The van der Waals surface area contributed by atoms with E-state index in [1.807, 2.05) is 0 Å². The van der Waals surface area contributed by atoms with E-state index in [2.05, 4.69) is 14.7 Å². The Bertz CT molecular complexity index is 722. The second kappa shape index (κ2) is 4.95. The minimum absolute atomic E-state index is 0.0479. The molecule has 20 heavy (non-hydrogen) atoms. The number of aromatic amines is 1. The number of aromatic nitrogens is 2. The first-order chi connectivity index (χ1) is 9.34. The van der Waals surface area contributed by atoms with Crippen molar-refractivity contribution >= 4 is 17.0 Å². The predicted molar refractivity (Wildman–Crippen MR) is 63.3 cm³/mol. The van der Waals surface area contributed by atoms with Gasteiger partial charge in [0.15, 0.2) is 0 Å². The van der Waals surface area contributed by atoms with Crippen molar-refractivity contribution in [3.63, 3.8) is 0 Å². The fourth-order valence-electron chi connectivity index (χ4n) is 1.61. The SMILES string of the molecule is CCOC(=O)c1c[nH]c2ccc(C(F)(F)F)nc2c1=O. The Morgan fingerprint density at radius 1 is 1.40 bits per heavy atom. The van der Waals surface area contributed by atoms with Gasteiger partial charge >= 0.3 is 12.1 Å². The van der Waals surface area contributed by atoms with E-state index in [0.29, 0.717) is 0 Å². The van der Waals surface area contributed by atoms with Gasteiger partial charge in [0.1, 0.15) is 16.8 Å². The quantitative estimate of drug-likeness (QED) is 0.858. The van der Waals surface area contributed by atoms with Crippen LogP contribution in [0.3, 0.4) is 0 Å². The average molecular weight is 286 g/mol. The molecule has 0 aliphatic carbocycles. The lowest BCUT2D eigenvalue weighted by atomic mass is 10.2. The van der Waals surface area contributed by atoms with Crippen LogP contribution in [0.1, 0.15) is 23.0 Å². The Morgan fingerprint density at radius 2 is 2.10 bits per heavy atom. The van der Waals surface area contributed by atoms with Gasteiger partial charge in [-0.1, -0.05) is 0 Å². The van der Waals surface area contributed by atoms with Crippen LogP contribution in [0.15, 0.2) is 23.1 Å². The van der Waals surface area contributed by atoms with Crippen LogP contribution < -0.4 is 5.43 Å². The molecule has 0 amide bonds. The summed E-state index contributed by atoms with van der Waals surface area (Å²) in [6, 6.07) is 1.84.